The van der Waals surface area contributed by atoms with Gasteiger partial charge in [-0.05, 0) is 60.8 Å². The van der Waals surface area contributed by atoms with Crippen LogP contribution in [0, 0.1) is 6.92 Å². The molecule has 0 aromatic carbocycles. The molecule has 13 heavy (non-hydrogen) atoms. The van der Waals surface area contributed by atoms with Crippen LogP contribution in [0.3, 0.4) is 0 Å². The van der Waals surface area contributed by atoms with Crippen molar-refractivity contribution in [2.24, 2.45) is 0 Å². The minimum Gasteiger partial charge on any atom is -0.292 e. The molecule has 0 amide bonds. The fourth-order valence-corrected chi connectivity index (χ4v) is 2.78. The number of hydrogen-bond acceptors (Lipinski definition) is 1. The summed E-state index contributed by atoms with van der Waals surface area (Å²) >= 11 is 10.4. The van der Waals surface area contributed by atoms with Crippen LogP contribution in [0.5, 0.6) is 0 Å². The van der Waals surface area contributed by atoms with Gasteiger partial charge in [-0.3, -0.25) is 4.40 Å². The van der Waals surface area contributed by atoms with Crippen molar-refractivity contribution < 1.29 is 0 Å². The molecule has 0 aliphatic carbocycles. The summed E-state index contributed by atoms with van der Waals surface area (Å²) in [6, 6.07) is 1.98. The summed E-state index contributed by atoms with van der Waals surface area (Å²) in [6.45, 7) is 1.97. The number of aryl methyl sites for hydroxylation is 1. The van der Waals surface area contributed by atoms with Gasteiger partial charge in [-0.15, -0.1) is 0 Å². The van der Waals surface area contributed by atoms with E-state index in [0.29, 0.717) is 0 Å². The highest BCUT2D eigenvalue weighted by Gasteiger charge is 2.08. The van der Waals surface area contributed by atoms with Crippen molar-refractivity contribution in [1.29, 1.82) is 0 Å². The molecule has 0 fully saturated rings. The van der Waals surface area contributed by atoms with Gasteiger partial charge < -0.3 is 0 Å². The Bertz CT molecular complexity index is 476. The minimum absolute atomic E-state index is 0.924. The molecule has 0 bridgehead atoms. The maximum absolute atomic E-state index is 4.40. The van der Waals surface area contributed by atoms with Gasteiger partial charge in [0.05, 0.1) is 10.2 Å². The molecule has 2 rings (SSSR count). The van der Waals surface area contributed by atoms with E-state index in [2.05, 4.69) is 52.8 Å². The molecule has 0 saturated carbocycles. The Morgan fingerprint density at radius 1 is 1.31 bits per heavy atom. The smallest absolute Gasteiger partial charge is 0.152 e. The zero-order valence-corrected chi connectivity index (χ0v) is 11.4. The highest BCUT2D eigenvalue weighted by atomic mass is 79.9. The van der Waals surface area contributed by atoms with Crippen molar-refractivity contribution in [3.8, 4) is 0 Å². The van der Waals surface area contributed by atoms with E-state index in [9.17, 15) is 0 Å². The summed E-state index contributed by atoms with van der Waals surface area (Å²) in [5, 5.41) is 0. The summed E-state index contributed by atoms with van der Waals surface area (Å²) in [5.74, 6) is 0. The van der Waals surface area contributed by atoms with Gasteiger partial charge in [-0.2, -0.15) is 0 Å². The fraction of sp³-hybridized carbons (Fsp3) is 0.125. The van der Waals surface area contributed by atoms with Gasteiger partial charge in [0.2, 0.25) is 0 Å². The van der Waals surface area contributed by atoms with Gasteiger partial charge in [-0.25, -0.2) is 4.98 Å². The van der Waals surface area contributed by atoms with Crippen LogP contribution in [0.1, 0.15) is 5.69 Å². The number of fused-ring (bicyclic) bond motifs is 1. The lowest BCUT2D eigenvalue weighted by molar-refractivity contribution is 1.13. The third-order valence-electron chi connectivity index (χ3n) is 1.74. The molecule has 2 aromatic heterocycles. The number of aromatic nitrogens is 2. The Hall–Kier alpha value is 0.130. The SMILES string of the molecule is Cc1nc2c(Br)cc(Br)cn2c1Br. The van der Waals surface area contributed by atoms with Crippen molar-refractivity contribution in [1.82, 2.24) is 9.38 Å². The molecule has 2 aromatic rings. The monoisotopic (exact) mass is 366 g/mol. The van der Waals surface area contributed by atoms with Crippen LogP contribution in [-0.4, -0.2) is 9.38 Å². The molecule has 2 nitrogen and oxygen atoms in total. The van der Waals surface area contributed by atoms with E-state index < -0.39 is 0 Å². The topological polar surface area (TPSA) is 17.3 Å². The van der Waals surface area contributed by atoms with E-state index in [0.717, 1.165) is 24.9 Å². The molecule has 0 aliphatic heterocycles. The van der Waals surface area contributed by atoms with Crippen LogP contribution in [0.2, 0.25) is 0 Å². The summed E-state index contributed by atoms with van der Waals surface area (Å²) in [4.78, 5) is 4.40. The largest absolute Gasteiger partial charge is 0.292 e. The molecule has 0 N–H and O–H groups in total. The first kappa shape index (κ1) is 9.68. The van der Waals surface area contributed by atoms with Crippen molar-refractivity contribution in [2.45, 2.75) is 6.92 Å². The van der Waals surface area contributed by atoms with Crippen LogP contribution in [0.4, 0.5) is 0 Å². The maximum atomic E-state index is 4.40. The van der Waals surface area contributed by atoms with E-state index in [1.807, 2.05) is 23.6 Å². The highest BCUT2D eigenvalue weighted by Crippen LogP contribution is 2.27. The number of halogens is 3. The first-order chi connectivity index (χ1) is 6.09. The van der Waals surface area contributed by atoms with Crippen molar-refractivity contribution in [2.75, 3.05) is 0 Å². The van der Waals surface area contributed by atoms with Crippen LogP contribution in [0.15, 0.2) is 25.8 Å². The summed E-state index contributed by atoms with van der Waals surface area (Å²) in [7, 11) is 0. The Morgan fingerprint density at radius 2 is 2.00 bits per heavy atom. The van der Waals surface area contributed by atoms with E-state index >= 15 is 0 Å². The Labute approximate surface area is 101 Å². The molecule has 2 heterocycles. The van der Waals surface area contributed by atoms with Crippen LogP contribution < -0.4 is 0 Å². The Morgan fingerprint density at radius 3 is 2.69 bits per heavy atom. The third kappa shape index (κ3) is 1.57. The maximum Gasteiger partial charge on any atom is 0.152 e. The average molecular weight is 369 g/mol. The lowest BCUT2D eigenvalue weighted by Crippen LogP contribution is -1.85. The molecule has 5 heteroatoms. The predicted molar refractivity (Wildman–Crippen MR) is 63.0 cm³/mol. The molecular formula is C8H5Br3N2. The van der Waals surface area contributed by atoms with Gasteiger partial charge in [0, 0.05) is 10.7 Å². The number of imidazole rings is 1. The molecule has 0 aliphatic rings. The second-order valence-corrected chi connectivity index (χ2v) is 5.21. The minimum atomic E-state index is 0.924. The quantitative estimate of drug-likeness (QED) is 0.688. The zero-order valence-electron chi connectivity index (χ0n) is 6.68. The van der Waals surface area contributed by atoms with Gasteiger partial charge in [0.25, 0.3) is 0 Å². The summed E-state index contributed by atoms with van der Waals surface area (Å²) in [6.07, 6.45) is 1.98. The first-order valence-electron chi connectivity index (χ1n) is 3.59. The summed E-state index contributed by atoms with van der Waals surface area (Å²) < 4.78 is 4.98. The normalized spacial score (nSPS) is 11.1. The van der Waals surface area contributed by atoms with Gasteiger partial charge >= 0.3 is 0 Å². The molecule has 0 radical (unpaired) electrons. The molecule has 0 saturated heterocycles. The molecule has 0 spiro atoms. The van der Waals surface area contributed by atoms with E-state index in [-0.39, 0.29) is 0 Å². The van der Waals surface area contributed by atoms with Gasteiger partial charge in [0.15, 0.2) is 5.65 Å². The molecular weight excluding hydrogens is 364 g/mol. The summed E-state index contributed by atoms with van der Waals surface area (Å²) in [5.41, 5.74) is 1.91. The van der Waals surface area contributed by atoms with Gasteiger partial charge in [0.1, 0.15) is 4.60 Å². The van der Waals surface area contributed by atoms with Crippen LogP contribution in [0.25, 0.3) is 5.65 Å². The van der Waals surface area contributed by atoms with E-state index in [4.69, 9.17) is 0 Å². The number of rotatable bonds is 0. The lowest BCUT2D eigenvalue weighted by atomic mass is 10.5. The first-order valence-corrected chi connectivity index (χ1v) is 5.96. The van der Waals surface area contributed by atoms with Crippen molar-refractivity contribution >= 4 is 53.4 Å². The number of pyridine rings is 1. The van der Waals surface area contributed by atoms with Crippen molar-refractivity contribution in [3.05, 3.63) is 31.5 Å². The molecule has 0 atom stereocenters. The second-order valence-electron chi connectivity index (χ2n) is 2.69. The van der Waals surface area contributed by atoms with E-state index in [1.165, 1.54) is 0 Å². The van der Waals surface area contributed by atoms with Crippen LogP contribution in [-0.2, 0) is 0 Å². The van der Waals surface area contributed by atoms with Gasteiger partial charge in [-0.1, -0.05) is 0 Å². The lowest BCUT2D eigenvalue weighted by Gasteiger charge is -1.98. The molecule has 0 unspecified atom stereocenters. The zero-order chi connectivity index (χ0) is 9.59. The van der Waals surface area contributed by atoms with E-state index in [1.54, 1.807) is 0 Å². The molecule has 68 valence electrons. The van der Waals surface area contributed by atoms with Crippen molar-refractivity contribution in [3.63, 3.8) is 0 Å². The Balaban J connectivity index is 2.94. The standard InChI is InChI=1S/C8H5Br3N2/c1-4-7(11)13-3-5(9)2-6(10)8(13)12-4/h2-3H,1H3. The predicted octanol–water partition coefficient (Wildman–Crippen LogP) is 3.93. The second kappa shape index (κ2) is 3.37. The Kier molecular flexibility index (Phi) is 2.51. The highest BCUT2D eigenvalue weighted by molar-refractivity contribution is 9.11. The number of nitrogens with zero attached hydrogens (tertiary/aromatic N) is 2. The fourth-order valence-electron chi connectivity index (χ4n) is 1.16. The number of hydrogen-bond donors (Lipinski definition) is 0. The average Bonchev–Trinajstić information content (AvgIpc) is 2.32. The third-order valence-corrected chi connectivity index (χ3v) is 3.72. The van der Waals surface area contributed by atoms with Crippen LogP contribution >= 0.6 is 47.8 Å².